The van der Waals surface area contributed by atoms with Crippen LogP contribution in [0.15, 0.2) is 24.3 Å². The van der Waals surface area contributed by atoms with Gasteiger partial charge in [0, 0.05) is 6.54 Å². The number of ether oxygens (including phenoxy) is 1. The monoisotopic (exact) mass is 414 g/mol. The maximum Gasteiger partial charge on any atom is 0.325 e. The Morgan fingerprint density at radius 3 is 2.70 bits per heavy atom. The van der Waals surface area contributed by atoms with Gasteiger partial charge >= 0.3 is 6.03 Å². The Hall–Kier alpha value is -3.10. The lowest BCUT2D eigenvalue weighted by atomic mass is 9.98. The molecule has 9 nitrogen and oxygen atoms in total. The van der Waals surface area contributed by atoms with Crippen molar-refractivity contribution in [1.82, 2.24) is 15.5 Å². The zero-order valence-corrected chi connectivity index (χ0v) is 17.0. The number of carbonyl (C=O) groups is 4. The van der Waals surface area contributed by atoms with E-state index in [0.29, 0.717) is 30.8 Å². The molecule has 2 fully saturated rings. The van der Waals surface area contributed by atoms with Gasteiger partial charge in [-0.25, -0.2) is 4.79 Å². The molecule has 4 rings (SSSR count). The molecule has 2 aliphatic heterocycles. The van der Waals surface area contributed by atoms with E-state index in [2.05, 4.69) is 10.6 Å². The fourth-order valence-corrected chi connectivity index (χ4v) is 4.33. The van der Waals surface area contributed by atoms with Gasteiger partial charge in [0.2, 0.25) is 5.91 Å². The Labute approximate surface area is 174 Å². The highest BCUT2D eigenvalue weighted by molar-refractivity contribution is 6.11. The highest BCUT2D eigenvalue weighted by atomic mass is 16.5. The first-order valence-electron chi connectivity index (χ1n) is 10.4. The molecule has 160 valence electrons. The summed E-state index contributed by atoms with van der Waals surface area (Å²) in [6.07, 6.45) is 2.87. The molecule has 0 bridgehead atoms. The van der Waals surface area contributed by atoms with Crippen LogP contribution in [0, 0.1) is 0 Å². The van der Waals surface area contributed by atoms with Crippen LogP contribution in [0.25, 0.3) is 0 Å². The van der Waals surface area contributed by atoms with Crippen molar-refractivity contribution in [2.24, 2.45) is 0 Å². The predicted octanol–water partition coefficient (Wildman–Crippen LogP) is 1.17. The molecule has 9 heteroatoms. The molecule has 1 saturated heterocycles. The van der Waals surface area contributed by atoms with E-state index in [1.165, 1.54) is 4.90 Å². The summed E-state index contributed by atoms with van der Waals surface area (Å²) in [5.41, 5.74) is -0.340. The second-order valence-electron chi connectivity index (χ2n) is 7.98. The van der Waals surface area contributed by atoms with Crippen LogP contribution in [0.4, 0.5) is 10.5 Å². The number of nitrogens with zero attached hydrogens (tertiary/aromatic N) is 2. The first-order valence-corrected chi connectivity index (χ1v) is 10.4. The van der Waals surface area contributed by atoms with Crippen LogP contribution in [0.3, 0.4) is 0 Å². The van der Waals surface area contributed by atoms with Gasteiger partial charge in [0.1, 0.15) is 17.8 Å². The maximum absolute atomic E-state index is 13.2. The average Bonchev–Trinajstić information content (AvgIpc) is 3.31. The third kappa shape index (κ3) is 3.48. The van der Waals surface area contributed by atoms with Crippen molar-refractivity contribution in [2.75, 3.05) is 24.5 Å². The van der Waals surface area contributed by atoms with Crippen molar-refractivity contribution in [3.8, 4) is 5.75 Å². The minimum atomic E-state index is -0.861. The minimum Gasteiger partial charge on any atom is -0.477 e. The largest absolute Gasteiger partial charge is 0.477 e. The molecule has 2 N–H and O–H groups in total. The fourth-order valence-electron chi connectivity index (χ4n) is 4.33. The van der Waals surface area contributed by atoms with Gasteiger partial charge in [-0.15, -0.1) is 0 Å². The van der Waals surface area contributed by atoms with Gasteiger partial charge in [-0.3, -0.25) is 19.3 Å². The normalized spacial score (nSPS) is 22.0. The highest BCUT2D eigenvalue weighted by Crippen LogP contribution is 2.36. The summed E-state index contributed by atoms with van der Waals surface area (Å²) in [6.45, 7) is 2.10. The van der Waals surface area contributed by atoms with Crippen LogP contribution in [0.5, 0.6) is 5.75 Å². The third-order valence-corrected chi connectivity index (χ3v) is 5.91. The van der Waals surface area contributed by atoms with Gasteiger partial charge < -0.3 is 20.3 Å². The number of rotatable bonds is 5. The molecule has 1 aliphatic carbocycles. The Balaban J connectivity index is 1.53. The van der Waals surface area contributed by atoms with E-state index in [9.17, 15) is 19.2 Å². The van der Waals surface area contributed by atoms with Crippen molar-refractivity contribution >= 4 is 29.4 Å². The first kappa shape index (κ1) is 20.2. The standard InChI is InChI=1S/C21H26N4O5/c1-2-11-22-18(27)16-12-24(14-7-3-4-8-15(14)30-16)17(26)13-25-19(28)21(23-20(25)29)9-5-6-10-21/h3-4,7-8,16H,2,5-6,9-13H2,1H3,(H,22,27)(H,23,29). The second-order valence-corrected chi connectivity index (χ2v) is 7.98. The van der Waals surface area contributed by atoms with E-state index in [0.717, 1.165) is 24.2 Å². The maximum atomic E-state index is 13.2. The fraction of sp³-hybridized carbons (Fsp3) is 0.524. The average molecular weight is 414 g/mol. The summed E-state index contributed by atoms with van der Waals surface area (Å²) < 4.78 is 5.79. The highest BCUT2D eigenvalue weighted by Gasteiger charge is 2.53. The molecule has 0 aromatic heterocycles. The summed E-state index contributed by atoms with van der Waals surface area (Å²) in [5, 5.41) is 5.57. The summed E-state index contributed by atoms with van der Waals surface area (Å²) >= 11 is 0. The summed E-state index contributed by atoms with van der Waals surface area (Å²) in [6, 6.07) is 6.40. The molecule has 1 spiro atoms. The van der Waals surface area contributed by atoms with Crippen LogP contribution in [-0.2, 0) is 14.4 Å². The number of hydrogen-bond acceptors (Lipinski definition) is 5. The van der Waals surface area contributed by atoms with Gasteiger partial charge in [0.25, 0.3) is 11.8 Å². The van der Waals surface area contributed by atoms with Gasteiger partial charge in [-0.1, -0.05) is 31.9 Å². The lowest BCUT2D eigenvalue weighted by Crippen LogP contribution is -2.53. The van der Waals surface area contributed by atoms with Gasteiger partial charge in [-0.05, 0) is 31.4 Å². The zero-order valence-electron chi connectivity index (χ0n) is 17.0. The molecule has 1 saturated carbocycles. The number of nitrogens with one attached hydrogen (secondary N) is 2. The number of hydrogen-bond donors (Lipinski definition) is 2. The SMILES string of the molecule is CCCNC(=O)C1CN(C(=O)CN2C(=O)NC3(CCCC3)C2=O)c2ccccc2O1. The van der Waals surface area contributed by atoms with Crippen molar-refractivity contribution in [2.45, 2.75) is 50.7 Å². The lowest BCUT2D eigenvalue weighted by molar-refractivity contribution is -0.134. The number of imide groups is 1. The lowest BCUT2D eigenvalue weighted by Gasteiger charge is -2.34. The third-order valence-electron chi connectivity index (χ3n) is 5.91. The van der Waals surface area contributed by atoms with E-state index < -0.39 is 23.6 Å². The Morgan fingerprint density at radius 2 is 1.97 bits per heavy atom. The molecule has 1 atom stereocenters. The molecule has 2 heterocycles. The van der Waals surface area contributed by atoms with Crippen LogP contribution < -0.4 is 20.3 Å². The summed E-state index contributed by atoms with van der Waals surface area (Å²) in [4.78, 5) is 53.3. The van der Waals surface area contributed by atoms with Crippen molar-refractivity contribution in [3.63, 3.8) is 0 Å². The molecular formula is C21H26N4O5. The summed E-state index contributed by atoms with van der Waals surface area (Å²) in [5.74, 6) is -0.656. The quantitative estimate of drug-likeness (QED) is 0.704. The molecule has 1 unspecified atom stereocenters. The summed E-state index contributed by atoms with van der Waals surface area (Å²) in [7, 11) is 0. The first-order chi connectivity index (χ1) is 14.4. The Bertz CT molecular complexity index is 880. The van der Waals surface area contributed by atoms with Gasteiger partial charge in [0.15, 0.2) is 6.10 Å². The van der Waals surface area contributed by atoms with Crippen LogP contribution >= 0.6 is 0 Å². The van der Waals surface area contributed by atoms with E-state index >= 15 is 0 Å². The molecular weight excluding hydrogens is 388 g/mol. The molecule has 30 heavy (non-hydrogen) atoms. The van der Waals surface area contributed by atoms with E-state index in [-0.39, 0.29) is 24.9 Å². The molecule has 3 aliphatic rings. The number of fused-ring (bicyclic) bond motifs is 1. The van der Waals surface area contributed by atoms with Crippen molar-refractivity contribution in [3.05, 3.63) is 24.3 Å². The molecule has 1 aromatic rings. The van der Waals surface area contributed by atoms with E-state index in [1.807, 2.05) is 6.92 Å². The number of benzene rings is 1. The number of para-hydroxylation sites is 2. The number of amides is 5. The van der Waals surface area contributed by atoms with Gasteiger partial charge in [-0.2, -0.15) is 0 Å². The van der Waals surface area contributed by atoms with Gasteiger partial charge in [0.05, 0.1) is 12.2 Å². The smallest absolute Gasteiger partial charge is 0.325 e. The Morgan fingerprint density at radius 1 is 1.23 bits per heavy atom. The Kier molecular flexibility index (Phi) is 5.36. The zero-order chi connectivity index (χ0) is 21.3. The van der Waals surface area contributed by atoms with Crippen LogP contribution in [0.1, 0.15) is 39.0 Å². The number of carbonyl (C=O) groups excluding carboxylic acids is 4. The molecule has 0 radical (unpaired) electrons. The van der Waals surface area contributed by atoms with E-state index in [1.54, 1.807) is 24.3 Å². The predicted molar refractivity (Wildman–Crippen MR) is 108 cm³/mol. The van der Waals surface area contributed by atoms with Crippen LogP contribution in [-0.4, -0.2) is 59.9 Å². The number of urea groups is 1. The second kappa shape index (κ2) is 7.97. The van der Waals surface area contributed by atoms with Crippen molar-refractivity contribution in [1.29, 1.82) is 0 Å². The number of anilines is 1. The van der Waals surface area contributed by atoms with Crippen molar-refractivity contribution < 1.29 is 23.9 Å². The van der Waals surface area contributed by atoms with Crippen LogP contribution in [0.2, 0.25) is 0 Å². The molecule has 5 amide bonds. The van der Waals surface area contributed by atoms with E-state index in [4.69, 9.17) is 4.74 Å². The molecule has 1 aromatic carbocycles. The minimum absolute atomic E-state index is 0.0141. The topological polar surface area (TPSA) is 108 Å².